The van der Waals surface area contributed by atoms with Gasteiger partial charge in [-0.1, -0.05) is 18.2 Å². The Balaban J connectivity index is 1.86. The number of hydrogen-bond acceptors (Lipinski definition) is 5. The average Bonchev–Trinajstić information content (AvgIpc) is 2.67. The van der Waals surface area contributed by atoms with E-state index in [1.165, 1.54) is 4.68 Å². The van der Waals surface area contributed by atoms with Gasteiger partial charge in [-0.2, -0.15) is 5.10 Å². The SMILES string of the molecule is CN(C)CCN(C(=O)Cc1nn(C)c(=O)c2ccccc12)C1CCN(C)CC1. The second-order valence-corrected chi connectivity index (χ2v) is 8.02. The van der Waals surface area contributed by atoms with E-state index in [1.54, 1.807) is 13.1 Å². The summed E-state index contributed by atoms with van der Waals surface area (Å²) in [5.41, 5.74) is 0.539. The van der Waals surface area contributed by atoms with E-state index in [-0.39, 0.29) is 23.9 Å². The second-order valence-electron chi connectivity index (χ2n) is 8.02. The number of benzene rings is 1. The van der Waals surface area contributed by atoms with Crippen LogP contribution < -0.4 is 5.56 Å². The van der Waals surface area contributed by atoms with Gasteiger partial charge in [0.05, 0.1) is 17.5 Å². The number of fused-ring (bicyclic) bond motifs is 1. The van der Waals surface area contributed by atoms with Gasteiger partial charge in [0.25, 0.3) is 5.56 Å². The summed E-state index contributed by atoms with van der Waals surface area (Å²) < 4.78 is 1.34. The zero-order chi connectivity index (χ0) is 20.3. The average molecular weight is 386 g/mol. The van der Waals surface area contributed by atoms with Gasteiger partial charge in [0, 0.05) is 31.6 Å². The smallest absolute Gasteiger partial charge is 0.274 e. The molecule has 0 spiro atoms. The third-order valence-electron chi connectivity index (χ3n) is 5.59. The van der Waals surface area contributed by atoms with Crippen LogP contribution in [0, 0.1) is 0 Å². The molecule has 28 heavy (non-hydrogen) atoms. The summed E-state index contributed by atoms with van der Waals surface area (Å²) in [6.45, 7) is 3.57. The molecule has 1 aliphatic heterocycles. The first-order valence-corrected chi connectivity index (χ1v) is 9.94. The van der Waals surface area contributed by atoms with Crippen LogP contribution in [0.1, 0.15) is 18.5 Å². The van der Waals surface area contributed by atoms with Crippen LogP contribution in [0.3, 0.4) is 0 Å². The Bertz CT molecular complexity index is 884. The fourth-order valence-electron chi connectivity index (χ4n) is 3.88. The molecule has 3 rings (SSSR count). The zero-order valence-electron chi connectivity index (χ0n) is 17.4. The first kappa shape index (κ1) is 20.5. The monoisotopic (exact) mass is 385 g/mol. The summed E-state index contributed by atoms with van der Waals surface area (Å²) in [7, 11) is 7.82. The molecule has 1 fully saturated rings. The number of aromatic nitrogens is 2. The molecule has 2 heterocycles. The minimum atomic E-state index is -0.133. The minimum absolute atomic E-state index is 0.0905. The number of rotatable bonds is 6. The molecule has 2 aromatic rings. The van der Waals surface area contributed by atoms with E-state index >= 15 is 0 Å². The van der Waals surface area contributed by atoms with E-state index in [0.29, 0.717) is 17.6 Å². The fourth-order valence-corrected chi connectivity index (χ4v) is 3.88. The Morgan fingerprint density at radius 2 is 1.75 bits per heavy atom. The van der Waals surface area contributed by atoms with Crippen LogP contribution in [0.15, 0.2) is 29.1 Å². The maximum Gasteiger partial charge on any atom is 0.274 e. The summed E-state index contributed by atoms with van der Waals surface area (Å²) in [4.78, 5) is 32.1. The van der Waals surface area contributed by atoms with Crippen LogP contribution in [0.4, 0.5) is 0 Å². The molecule has 7 heteroatoms. The first-order chi connectivity index (χ1) is 13.4. The molecule has 1 saturated heterocycles. The van der Waals surface area contributed by atoms with Crippen molar-refractivity contribution in [1.29, 1.82) is 0 Å². The largest absolute Gasteiger partial charge is 0.338 e. The molecule has 0 unspecified atom stereocenters. The summed E-state index contributed by atoms with van der Waals surface area (Å²) in [6, 6.07) is 7.68. The van der Waals surface area contributed by atoms with Crippen molar-refractivity contribution in [2.45, 2.75) is 25.3 Å². The zero-order valence-corrected chi connectivity index (χ0v) is 17.4. The number of aryl methyl sites for hydroxylation is 1. The van der Waals surface area contributed by atoms with E-state index in [0.717, 1.165) is 37.9 Å². The van der Waals surface area contributed by atoms with Crippen molar-refractivity contribution < 1.29 is 4.79 Å². The van der Waals surface area contributed by atoms with E-state index in [2.05, 4.69) is 21.9 Å². The van der Waals surface area contributed by atoms with Crippen LogP contribution >= 0.6 is 0 Å². The third kappa shape index (κ3) is 4.59. The number of likely N-dealkylation sites (tertiary alicyclic amines) is 1. The Morgan fingerprint density at radius 3 is 2.39 bits per heavy atom. The van der Waals surface area contributed by atoms with Crippen LogP contribution in [-0.2, 0) is 18.3 Å². The van der Waals surface area contributed by atoms with Crippen molar-refractivity contribution >= 4 is 16.7 Å². The van der Waals surface area contributed by atoms with Gasteiger partial charge in [0.15, 0.2) is 0 Å². The molecular formula is C21H31N5O2. The topological polar surface area (TPSA) is 61.7 Å². The van der Waals surface area contributed by atoms with Crippen LogP contribution in [-0.4, -0.2) is 83.8 Å². The lowest BCUT2D eigenvalue weighted by atomic mass is 10.0. The van der Waals surface area contributed by atoms with Gasteiger partial charge in [-0.3, -0.25) is 9.59 Å². The van der Waals surface area contributed by atoms with Crippen LogP contribution in [0.5, 0.6) is 0 Å². The quantitative estimate of drug-likeness (QED) is 0.741. The van der Waals surface area contributed by atoms with E-state index < -0.39 is 0 Å². The minimum Gasteiger partial charge on any atom is -0.338 e. The van der Waals surface area contributed by atoms with E-state index in [4.69, 9.17) is 0 Å². The van der Waals surface area contributed by atoms with Gasteiger partial charge in [-0.15, -0.1) is 0 Å². The highest BCUT2D eigenvalue weighted by atomic mass is 16.2. The number of carbonyl (C=O) groups is 1. The standard InChI is InChI=1S/C21H31N5O2/c1-23(2)13-14-26(16-9-11-24(3)12-10-16)20(27)15-19-17-7-5-6-8-18(17)21(28)25(4)22-19/h5-8,16H,9-15H2,1-4H3. The third-order valence-corrected chi connectivity index (χ3v) is 5.59. The Morgan fingerprint density at radius 1 is 1.11 bits per heavy atom. The molecule has 0 radical (unpaired) electrons. The van der Waals surface area contributed by atoms with Gasteiger partial charge >= 0.3 is 0 Å². The van der Waals surface area contributed by atoms with Crippen molar-refractivity contribution in [3.05, 3.63) is 40.3 Å². The molecular weight excluding hydrogens is 354 g/mol. The maximum atomic E-state index is 13.3. The Labute approximate surface area is 166 Å². The van der Waals surface area contributed by atoms with Gasteiger partial charge in [-0.05, 0) is 53.1 Å². The van der Waals surface area contributed by atoms with E-state index in [1.807, 2.05) is 37.2 Å². The van der Waals surface area contributed by atoms with Crippen LogP contribution in [0.25, 0.3) is 10.8 Å². The lowest BCUT2D eigenvalue weighted by molar-refractivity contribution is -0.134. The summed E-state index contributed by atoms with van der Waals surface area (Å²) in [5.74, 6) is 0.0905. The molecule has 0 saturated carbocycles. The highest BCUT2D eigenvalue weighted by Crippen LogP contribution is 2.19. The number of likely N-dealkylation sites (N-methyl/N-ethyl adjacent to an activating group) is 1. The fraction of sp³-hybridized carbons (Fsp3) is 0.571. The summed E-state index contributed by atoms with van der Waals surface area (Å²) >= 11 is 0. The lowest BCUT2D eigenvalue weighted by Gasteiger charge is -2.38. The van der Waals surface area contributed by atoms with E-state index in [9.17, 15) is 9.59 Å². The van der Waals surface area contributed by atoms with Gasteiger partial charge < -0.3 is 14.7 Å². The molecule has 7 nitrogen and oxygen atoms in total. The molecule has 0 bridgehead atoms. The molecule has 0 N–H and O–H groups in total. The van der Waals surface area contributed by atoms with Crippen molar-refractivity contribution in [3.63, 3.8) is 0 Å². The normalized spacial score (nSPS) is 16.0. The summed E-state index contributed by atoms with van der Waals surface area (Å²) in [5, 5.41) is 5.80. The number of piperidine rings is 1. The number of hydrogen-bond donors (Lipinski definition) is 0. The predicted octanol–water partition coefficient (Wildman–Crippen LogP) is 0.960. The highest BCUT2D eigenvalue weighted by molar-refractivity contribution is 5.88. The molecule has 1 aliphatic rings. The molecule has 152 valence electrons. The molecule has 0 aliphatic carbocycles. The van der Waals surface area contributed by atoms with Crippen molar-refractivity contribution in [1.82, 2.24) is 24.5 Å². The first-order valence-electron chi connectivity index (χ1n) is 9.94. The molecule has 1 aromatic heterocycles. The molecule has 1 aromatic carbocycles. The number of nitrogens with zero attached hydrogens (tertiary/aromatic N) is 5. The molecule has 0 atom stereocenters. The second kappa shape index (κ2) is 8.84. The number of carbonyl (C=O) groups excluding carboxylic acids is 1. The van der Waals surface area contributed by atoms with Crippen molar-refractivity contribution in [2.75, 3.05) is 47.3 Å². The molecule has 1 amide bonds. The predicted molar refractivity (Wildman–Crippen MR) is 111 cm³/mol. The van der Waals surface area contributed by atoms with Gasteiger partial charge in [0.1, 0.15) is 0 Å². The van der Waals surface area contributed by atoms with Crippen LogP contribution in [0.2, 0.25) is 0 Å². The lowest BCUT2D eigenvalue weighted by Crippen LogP contribution is -2.49. The van der Waals surface area contributed by atoms with Gasteiger partial charge in [0.2, 0.25) is 5.91 Å². The maximum absolute atomic E-state index is 13.3. The summed E-state index contributed by atoms with van der Waals surface area (Å²) in [6.07, 6.45) is 2.21. The van der Waals surface area contributed by atoms with Gasteiger partial charge in [-0.25, -0.2) is 4.68 Å². The van der Waals surface area contributed by atoms with Crippen molar-refractivity contribution in [3.8, 4) is 0 Å². The number of amides is 1. The highest BCUT2D eigenvalue weighted by Gasteiger charge is 2.27. The Kier molecular flexibility index (Phi) is 6.46. The van der Waals surface area contributed by atoms with Crippen molar-refractivity contribution in [2.24, 2.45) is 7.05 Å². The Hall–Kier alpha value is -2.25.